The van der Waals surface area contributed by atoms with Crippen LogP contribution in [0.1, 0.15) is 27.4 Å². The van der Waals surface area contributed by atoms with Crippen molar-refractivity contribution in [2.24, 2.45) is 0 Å². The van der Waals surface area contributed by atoms with Gasteiger partial charge in [-0.15, -0.1) is 13.2 Å². The van der Waals surface area contributed by atoms with Gasteiger partial charge in [-0.25, -0.2) is 0 Å². The number of alkyl halides is 3. The van der Waals surface area contributed by atoms with E-state index < -0.39 is 6.36 Å². The number of aromatic nitrogens is 1. The Hall–Kier alpha value is -2.51. The lowest BCUT2D eigenvalue weighted by molar-refractivity contribution is -0.274. The molecule has 22 heavy (non-hydrogen) atoms. The molecule has 2 aromatic rings. The minimum absolute atomic E-state index is 0.162. The number of carbonyl (C=O) groups excluding carboxylic acids is 1. The lowest BCUT2D eigenvalue weighted by atomic mass is 10.1. The van der Waals surface area contributed by atoms with Gasteiger partial charge in [0.1, 0.15) is 17.1 Å². The summed E-state index contributed by atoms with van der Waals surface area (Å²) in [6.45, 7) is 3.43. The van der Waals surface area contributed by atoms with Crippen LogP contribution < -0.4 is 10.1 Å². The van der Waals surface area contributed by atoms with Gasteiger partial charge in [-0.05, 0) is 31.5 Å². The van der Waals surface area contributed by atoms with Crippen molar-refractivity contribution in [2.75, 3.05) is 0 Å². The van der Waals surface area contributed by atoms with Gasteiger partial charge in [-0.1, -0.05) is 17.3 Å². The summed E-state index contributed by atoms with van der Waals surface area (Å²) in [5, 5.41) is 6.33. The van der Waals surface area contributed by atoms with Gasteiger partial charge >= 0.3 is 6.36 Å². The summed E-state index contributed by atoms with van der Waals surface area (Å²) >= 11 is 0. The van der Waals surface area contributed by atoms with Crippen LogP contribution in [-0.4, -0.2) is 17.4 Å². The molecule has 0 aliphatic rings. The molecule has 0 aliphatic heterocycles. The molecule has 0 fully saturated rings. The Morgan fingerprint density at radius 1 is 1.27 bits per heavy atom. The van der Waals surface area contributed by atoms with Gasteiger partial charge in [-0.2, -0.15) is 0 Å². The van der Waals surface area contributed by atoms with Crippen molar-refractivity contribution in [1.82, 2.24) is 10.5 Å². The van der Waals surface area contributed by atoms with E-state index in [0.29, 0.717) is 22.6 Å². The number of hydrogen-bond donors (Lipinski definition) is 1. The van der Waals surface area contributed by atoms with Gasteiger partial charge < -0.3 is 14.6 Å². The first-order valence-corrected chi connectivity index (χ1v) is 6.32. The average Bonchev–Trinajstić information content (AvgIpc) is 2.75. The van der Waals surface area contributed by atoms with Crippen LogP contribution in [0.25, 0.3) is 0 Å². The zero-order chi connectivity index (χ0) is 16.3. The van der Waals surface area contributed by atoms with Gasteiger partial charge in [0.2, 0.25) is 0 Å². The maximum Gasteiger partial charge on any atom is 0.573 e. The van der Waals surface area contributed by atoms with E-state index in [-0.39, 0.29) is 18.2 Å². The SMILES string of the molecule is Cc1noc(C)c1C(=O)NCc1ccc(OC(F)(F)F)cc1. The molecule has 0 saturated heterocycles. The highest BCUT2D eigenvalue weighted by Crippen LogP contribution is 2.22. The molecule has 118 valence electrons. The van der Waals surface area contributed by atoms with Gasteiger partial charge in [0, 0.05) is 6.54 Å². The molecule has 1 amide bonds. The molecule has 0 atom stereocenters. The summed E-state index contributed by atoms with van der Waals surface area (Å²) in [6.07, 6.45) is -4.72. The molecule has 0 bridgehead atoms. The number of nitrogens with zero attached hydrogens (tertiary/aromatic N) is 1. The molecular formula is C14H13F3N2O3. The number of amides is 1. The zero-order valence-electron chi connectivity index (χ0n) is 11.8. The van der Waals surface area contributed by atoms with Crippen LogP contribution in [0.3, 0.4) is 0 Å². The Bertz CT molecular complexity index is 643. The fourth-order valence-electron chi connectivity index (χ4n) is 1.89. The molecule has 1 heterocycles. The smallest absolute Gasteiger partial charge is 0.406 e. The summed E-state index contributed by atoms with van der Waals surface area (Å²) in [7, 11) is 0. The number of hydrogen-bond acceptors (Lipinski definition) is 4. The number of benzene rings is 1. The van der Waals surface area contributed by atoms with E-state index in [2.05, 4.69) is 15.2 Å². The molecule has 0 saturated carbocycles. The maximum atomic E-state index is 12.0. The monoisotopic (exact) mass is 314 g/mol. The Morgan fingerprint density at radius 3 is 2.41 bits per heavy atom. The molecule has 1 aromatic heterocycles. The van der Waals surface area contributed by atoms with Crippen LogP contribution in [0.5, 0.6) is 5.75 Å². The highest BCUT2D eigenvalue weighted by molar-refractivity contribution is 5.96. The van der Waals surface area contributed by atoms with E-state index in [0.717, 1.165) is 0 Å². The summed E-state index contributed by atoms with van der Waals surface area (Å²) in [6, 6.07) is 5.25. The second-order valence-electron chi connectivity index (χ2n) is 4.57. The van der Waals surface area contributed by atoms with Gasteiger partial charge in [0.25, 0.3) is 5.91 Å². The number of rotatable bonds is 4. The van der Waals surface area contributed by atoms with Gasteiger partial charge in [0.15, 0.2) is 0 Å². The second kappa shape index (κ2) is 6.08. The van der Waals surface area contributed by atoms with Gasteiger partial charge in [-0.3, -0.25) is 4.79 Å². The lowest BCUT2D eigenvalue weighted by Crippen LogP contribution is -2.23. The van der Waals surface area contributed by atoms with E-state index in [1.165, 1.54) is 24.3 Å². The number of nitrogens with one attached hydrogen (secondary N) is 1. The number of ether oxygens (including phenoxy) is 1. The Labute approximate surface area is 124 Å². The van der Waals surface area contributed by atoms with E-state index in [9.17, 15) is 18.0 Å². The van der Waals surface area contributed by atoms with Crippen molar-refractivity contribution in [3.8, 4) is 5.75 Å². The molecule has 2 rings (SSSR count). The molecule has 5 nitrogen and oxygen atoms in total. The van der Waals surface area contributed by atoms with E-state index in [4.69, 9.17) is 4.52 Å². The van der Waals surface area contributed by atoms with Gasteiger partial charge in [0.05, 0.1) is 5.69 Å². The second-order valence-corrected chi connectivity index (χ2v) is 4.57. The van der Waals surface area contributed by atoms with Crippen LogP contribution in [-0.2, 0) is 6.54 Å². The Kier molecular flexibility index (Phi) is 4.39. The third-order valence-corrected chi connectivity index (χ3v) is 2.87. The van der Waals surface area contributed by atoms with Crippen molar-refractivity contribution in [3.63, 3.8) is 0 Å². The summed E-state index contributed by atoms with van der Waals surface area (Å²) < 4.78 is 44.8. The van der Waals surface area contributed by atoms with Crippen LogP contribution in [0.4, 0.5) is 13.2 Å². The Balaban J connectivity index is 1.96. The minimum Gasteiger partial charge on any atom is -0.406 e. The highest BCUT2D eigenvalue weighted by atomic mass is 19.4. The first-order valence-electron chi connectivity index (χ1n) is 6.32. The standard InChI is InChI=1S/C14H13F3N2O3/c1-8-12(9(2)22-19-8)13(20)18-7-10-3-5-11(6-4-10)21-14(15,16)17/h3-6H,7H2,1-2H3,(H,18,20). The Morgan fingerprint density at radius 2 is 1.91 bits per heavy atom. The number of halogens is 3. The van der Waals surface area contributed by atoms with Crippen molar-refractivity contribution in [2.45, 2.75) is 26.8 Å². The van der Waals surface area contributed by atoms with E-state index in [1.807, 2.05) is 0 Å². The summed E-state index contributed by atoms with van der Waals surface area (Å²) in [5.74, 6) is -0.260. The van der Waals surface area contributed by atoms with E-state index >= 15 is 0 Å². The normalized spacial score (nSPS) is 11.3. The van der Waals surface area contributed by atoms with Crippen LogP contribution >= 0.6 is 0 Å². The first kappa shape index (κ1) is 15.9. The fourth-order valence-corrected chi connectivity index (χ4v) is 1.89. The van der Waals surface area contributed by atoms with Crippen molar-refractivity contribution in [3.05, 3.63) is 46.8 Å². The molecular weight excluding hydrogens is 301 g/mol. The predicted octanol–water partition coefficient (Wildman–Crippen LogP) is 3.12. The van der Waals surface area contributed by atoms with Crippen LogP contribution in [0, 0.1) is 13.8 Å². The topological polar surface area (TPSA) is 64.4 Å². The largest absolute Gasteiger partial charge is 0.573 e. The quantitative estimate of drug-likeness (QED) is 0.942. The number of carbonyl (C=O) groups is 1. The fraction of sp³-hybridized carbons (Fsp3) is 0.286. The van der Waals surface area contributed by atoms with Crippen molar-refractivity contribution in [1.29, 1.82) is 0 Å². The zero-order valence-corrected chi connectivity index (χ0v) is 11.8. The van der Waals surface area contributed by atoms with Crippen LogP contribution in [0.2, 0.25) is 0 Å². The molecule has 0 radical (unpaired) electrons. The molecule has 1 aromatic carbocycles. The third kappa shape index (κ3) is 4.00. The van der Waals surface area contributed by atoms with Crippen molar-refractivity contribution < 1.29 is 27.2 Å². The number of aryl methyl sites for hydroxylation is 2. The molecule has 0 unspecified atom stereocenters. The highest BCUT2D eigenvalue weighted by Gasteiger charge is 2.30. The average molecular weight is 314 g/mol. The minimum atomic E-state index is -4.72. The molecule has 0 aliphatic carbocycles. The molecule has 1 N–H and O–H groups in total. The molecule has 0 spiro atoms. The predicted molar refractivity (Wildman–Crippen MR) is 70.3 cm³/mol. The lowest BCUT2D eigenvalue weighted by Gasteiger charge is -2.09. The van der Waals surface area contributed by atoms with Crippen molar-refractivity contribution >= 4 is 5.91 Å². The summed E-state index contributed by atoms with van der Waals surface area (Å²) in [4.78, 5) is 12.0. The third-order valence-electron chi connectivity index (χ3n) is 2.87. The summed E-state index contributed by atoms with van der Waals surface area (Å²) in [5.41, 5.74) is 1.47. The van der Waals surface area contributed by atoms with Crippen LogP contribution in [0.15, 0.2) is 28.8 Å². The molecule has 8 heteroatoms. The van der Waals surface area contributed by atoms with E-state index in [1.54, 1.807) is 13.8 Å². The first-order chi connectivity index (χ1) is 10.3. The maximum absolute atomic E-state index is 12.0.